The van der Waals surface area contributed by atoms with E-state index >= 15 is 0 Å². The van der Waals surface area contributed by atoms with E-state index in [0.29, 0.717) is 16.0 Å². The van der Waals surface area contributed by atoms with Crippen molar-refractivity contribution in [3.63, 3.8) is 0 Å². The minimum Gasteiger partial charge on any atom is -0.353 e. The molecule has 0 aliphatic heterocycles. The lowest BCUT2D eigenvalue weighted by atomic mass is 10.2. The summed E-state index contributed by atoms with van der Waals surface area (Å²) in [6, 6.07) is 15.8. The fraction of sp³-hybridized carbons (Fsp3) is 0.286. The number of carbonyl (C=O) groups excluding carboxylic acids is 1. The predicted molar refractivity (Wildman–Crippen MR) is 115 cm³/mol. The van der Waals surface area contributed by atoms with Crippen LogP contribution < -0.4 is 5.32 Å². The molecule has 2 aromatic carbocycles. The van der Waals surface area contributed by atoms with Crippen LogP contribution in [0.5, 0.6) is 0 Å². The second kappa shape index (κ2) is 9.26. The van der Waals surface area contributed by atoms with E-state index in [-0.39, 0.29) is 17.7 Å². The Morgan fingerprint density at radius 1 is 1.21 bits per heavy atom. The maximum Gasteiger partial charge on any atom is 0.230 e. The number of rotatable bonds is 7. The predicted octanol–water partition coefficient (Wildman–Crippen LogP) is 4.90. The van der Waals surface area contributed by atoms with Gasteiger partial charge in [0.15, 0.2) is 11.0 Å². The molecule has 3 aromatic rings. The molecule has 0 saturated carbocycles. The van der Waals surface area contributed by atoms with Gasteiger partial charge >= 0.3 is 0 Å². The van der Waals surface area contributed by atoms with Crippen LogP contribution in [-0.2, 0) is 4.79 Å². The van der Waals surface area contributed by atoms with Crippen molar-refractivity contribution in [2.45, 2.75) is 38.4 Å². The summed E-state index contributed by atoms with van der Waals surface area (Å²) in [4.78, 5) is 12.2. The average molecular weight is 415 g/mol. The summed E-state index contributed by atoms with van der Waals surface area (Å²) in [6.45, 7) is 6.09. The number of hydrogen-bond donors (Lipinski definition) is 1. The van der Waals surface area contributed by atoms with Crippen LogP contribution in [0.15, 0.2) is 53.7 Å². The van der Waals surface area contributed by atoms with E-state index in [1.165, 1.54) is 11.8 Å². The molecular weight excluding hydrogens is 392 g/mol. The number of thioether (sulfide) groups is 1. The monoisotopic (exact) mass is 414 g/mol. The molecule has 7 heteroatoms. The lowest BCUT2D eigenvalue weighted by molar-refractivity contribution is -0.119. The Morgan fingerprint density at radius 3 is 2.64 bits per heavy atom. The molecule has 0 unspecified atom stereocenters. The minimum atomic E-state index is -0.00816. The number of aromatic nitrogens is 3. The van der Waals surface area contributed by atoms with E-state index in [9.17, 15) is 4.79 Å². The fourth-order valence-corrected chi connectivity index (χ4v) is 3.59. The molecule has 0 radical (unpaired) electrons. The molecule has 3 rings (SSSR count). The summed E-state index contributed by atoms with van der Waals surface area (Å²) in [5.41, 5.74) is 3.01. The van der Waals surface area contributed by atoms with Crippen LogP contribution in [0.25, 0.3) is 17.1 Å². The average Bonchev–Trinajstić information content (AvgIpc) is 3.11. The normalized spacial score (nSPS) is 12.0. The molecule has 0 saturated heterocycles. The van der Waals surface area contributed by atoms with Gasteiger partial charge < -0.3 is 5.32 Å². The van der Waals surface area contributed by atoms with Crippen LogP contribution >= 0.6 is 23.4 Å². The summed E-state index contributed by atoms with van der Waals surface area (Å²) in [5, 5.41) is 13.1. The molecule has 0 aliphatic rings. The second-order valence-corrected chi connectivity index (χ2v) is 8.03. The smallest absolute Gasteiger partial charge is 0.230 e. The summed E-state index contributed by atoms with van der Waals surface area (Å²) < 4.78 is 1.98. The van der Waals surface area contributed by atoms with Gasteiger partial charge in [0, 0.05) is 22.3 Å². The first-order valence-corrected chi connectivity index (χ1v) is 10.5. The summed E-state index contributed by atoms with van der Waals surface area (Å²) in [5.74, 6) is 0.993. The zero-order valence-corrected chi connectivity index (χ0v) is 17.7. The molecule has 0 spiro atoms. The second-order valence-electron chi connectivity index (χ2n) is 6.65. The standard InChI is InChI=1S/C21H23ClN4OS/c1-4-15(3)23-19(27)13-28-21-25-24-20(16-8-10-17(22)11-9-16)26(21)18-7-5-6-14(2)12-18/h5-12,15H,4,13H2,1-3H3,(H,23,27)/t15-/m1/s1. The zero-order chi connectivity index (χ0) is 20.1. The van der Waals surface area contributed by atoms with Crippen molar-refractivity contribution in [1.29, 1.82) is 0 Å². The highest BCUT2D eigenvalue weighted by atomic mass is 35.5. The van der Waals surface area contributed by atoms with Crippen molar-refractivity contribution in [3.05, 3.63) is 59.1 Å². The van der Waals surface area contributed by atoms with Crippen LogP contribution in [0.2, 0.25) is 5.02 Å². The van der Waals surface area contributed by atoms with E-state index < -0.39 is 0 Å². The third kappa shape index (κ3) is 4.94. The van der Waals surface area contributed by atoms with Crippen molar-refractivity contribution in [1.82, 2.24) is 20.1 Å². The largest absolute Gasteiger partial charge is 0.353 e. The summed E-state index contributed by atoms with van der Waals surface area (Å²) in [7, 11) is 0. The van der Waals surface area contributed by atoms with Crippen LogP contribution in [0, 0.1) is 6.92 Å². The maximum absolute atomic E-state index is 12.2. The molecule has 0 aliphatic carbocycles. The van der Waals surface area contributed by atoms with Gasteiger partial charge in [-0.25, -0.2) is 0 Å². The first-order chi connectivity index (χ1) is 13.5. The molecule has 1 atom stereocenters. The highest BCUT2D eigenvalue weighted by Crippen LogP contribution is 2.29. The first kappa shape index (κ1) is 20.4. The van der Waals surface area contributed by atoms with Gasteiger partial charge in [-0.3, -0.25) is 9.36 Å². The number of benzene rings is 2. The number of hydrogen-bond acceptors (Lipinski definition) is 4. The number of carbonyl (C=O) groups is 1. The number of halogens is 1. The molecule has 1 amide bonds. The van der Waals surface area contributed by atoms with Gasteiger partial charge in [0.05, 0.1) is 5.75 Å². The van der Waals surface area contributed by atoms with Crippen LogP contribution in [-0.4, -0.2) is 32.5 Å². The molecular formula is C21H23ClN4OS. The van der Waals surface area contributed by atoms with E-state index in [2.05, 4.69) is 21.6 Å². The van der Waals surface area contributed by atoms with E-state index in [4.69, 9.17) is 11.6 Å². The Labute approximate surface area is 174 Å². The highest BCUT2D eigenvalue weighted by molar-refractivity contribution is 7.99. The topological polar surface area (TPSA) is 59.8 Å². The third-order valence-corrected chi connectivity index (χ3v) is 5.53. The van der Waals surface area contributed by atoms with E-state index in [1.807, 2.05) is 67.8 Å². The van der Waals surface area contributed by atoms with Crippen molar-refractivity contribution in [3.8, 4) is 17.1 Å². The minimum absolute atomic E-state index is 0.00816. The molecule has 0 bridgehead atoms. The fourth-order valence-electron chi connectivity index (χ4n) is 2.70. The van der Waals surface area contributed by atoms with Crippen LogP contribution in [0.1, 0.15) is 25.8 Å². The first-order valence-electron chi connectivity index (χ1n) is 9.18. The molecule has 0 fully saturated rings. The van der Waals surface area contributed by atoms with Gasteiger partial charge in [-0.2, -0.15) is 0 Å². The van der Waals surface area contributed by atoms with Gasteiger partial charge in [-0.1, -0.05) is 42.4 Å². The Morgan fingerprint density at radius 2 is 1.96 bits per heavy atom. The molecule has 28 heavy (non-hydrogen) atoms. The Hall–Kier alpha value is -2.31. The van der Waals surface area contributed by atoms with Gasteiger partial charge in [-0.15, -0.1) is 10.2 Å². The summed E-state index contributed by atoms with van der Waals surface area (Å²) >= 11 is 7.41. The number of nitrogens with one attached hydrogen (secondary N) is 1. The van der Waals surface area contributed by atoms with Crippen LogP contribution in [0.3, 0.4) is 0 Å². The number of amides is 1. The quantitative estimate of drug-likeness (QED) is 0.558. The Bertz CT molecular complexity index is 955. The molecule has 5 nitrogen and oxygen atoms in total. The SMILES string of the molecule is CC[C@@H](C)NC(=O)CSc1nnc(-c2ccc(Cl)cc2)n1-c1cccc(C)c1. The third-order valence-electron chi connectivity index (χ3n) is 4.35. The maximum atomic E-state index is 12.2. The van der Waals surface area contributed by atoms with Gasteiger partial charge in [0.25, 0.3) is 0 Å². The van der Waals surface area contributed by atoms with Crippen molar-refractivity contribution in [2.24, 2.45) is 0 Å². The van der Waals surface area contributed by atoms with Gasteiger partial charge in [0.1, 0.15) is 0 Å². The lowest BCUT2D eigenvalue weighted by Gasteiger charge is -2.13. The Kier molecular flexibility index (Phi) is 6.75. The molecule has 146 valence electrons. The van der Waals surface area contributed by atoms with Gasteiger partial charge in [0.2, 0.25) is 5.91 Å². The number of nitrogens with zero attached hydrogens (tertiary/aromatic N) is 3. The van der Waals surface area contributed by atoms with Crippen molar-refractivity contribution < 1.29 is 4.79 Å². The molecule has 1 N–H and O–H groups in total. The lowest BCUT2D eigenvalue weighted by Crippen LogP contribution is -2.33. The van der Waals surface area contributed by atoms with E-state index in [1.54, 1.807) is 0 Å². The zero-order valence-electron chi connectivity index (χ0n) is 16.1. The van der Waals surface area contributed by atoms with Crippen LogP contribution in [0.4, 0.5) is 0 Å². The molecule has 1 heterocycles. The number of aryl methyl sites for hydroxylation is 1. The Balaban J connectivity index is 1.94. The van der Waals surface area contributed by atoms with Crippen molar-refractivity contribution in [2.75, 3.05) is 5.75 Å². The summed E-state index contributed by atoms with van der Waals surface area (Å²) in [6.07, 6.45) is 0.899. The van der Waals surface area contributed by atoms with Gasteiger partial charge in [-0.05, 0) is 62.2 Å². The highest BCUT2D eigenvalue weighted by Gasteiger charge is 2.18. The molecule has 1 aromatic heterocycles. The van der Waals surface area contributed by atoms with Crippen molar-refractivity contribution >= 4 is 29.3 Å². The van der Waals surface area contributed by atoms with E-state index in [0.717, 1.165) is 23.2 Å².